The number of likely N-dealkylation sites (N-methyl/N-ethyl adjacent to an activating group) is 1. The summed E-state index contributed by atoms with van der Waals surface area (Å²) >= 11 is 0. The maximum Gasteiger partial charge on any atom is 0.329 e. The maximum atomic E-state index is 14.5. The number of esters is 2. The first-order valence-electron chi connectivity index (χ1n) is 25.9. The summed E-state index contributed by atoms with van der Waals surface area (Å²) in [5.74, 6) is -8.85. The molecule has 2 N–H and O–H groups in total. The molecule has 16 heteroatoms. The summed E-state index contributed by atoms with van der Waals surface area (Å²) in [6.45, 7) is 12.7. The molecule has 4 rings (SSSR count). The van der Waals surface area contributed by atoms with Crippen LogP contribution >= 0.6 is 0 Å². The van der Waals surface area contributed by atoms with Crippen LogP contribution in [0.3, 0.4) is 0 Å². The third-order valence-corrected chi connectivity index (χ3v) is 15.2. The predicted molar refractivity (Wildman–Crippen MR) is 268 cm³/mol. The molecule has 1 saturated carbocycles. The van der Waals surface area contributed by atoms with Crippen molar-refractivity contribution < 1.29 is 67.4 Å². The second kappa shape index (κ2) is 28.0. The highest BCUT2D eigenvalue weighted by molar-refractivity contribution is 6.39. The fourth-order valence-corrected chi connectivity index (χ4v) is 10.7. The summed E-state index contributed by atoms with van der Waals surface area (Å²) in [7, 11) is 7.98. The molecule has 1 aliphatic carbocycles. The number of carbonyl (C=O) groups excluding carboxylic acids is 6. The zero-order chi connectivity index (χ0) is 52.7. The first kappa shape index (κ1) is 59.7. The van der Waals surface area contributed by atoms with Crippen LogP contribution in [0.5, 0.6) is 0 Å². The Bertz CT molecular complexity index is 1950. The number of methoxy groups -OCH3 is 3. The predicted octanol–water partition coefficient (Wildman–Crippen LogP) is 6.29. The van der Waals surface area contributed by atoms with Gasteiger partial charge >= 0.3 is 11.9 Å². The van der Waals surface area contributed by atoms with Crippen LogP contribution in [-0.4, -0.2) is 158 Å². The number of fused-ring (bicyclic) bond motifs is 3. The average molecular weight is 999 g/mol. The number of hydrogen-bond donors (Lipinski definition) is 2. The van der Waals surface area contributed by atoms with E-state index in [0.29, 0.717) is 69.8 Å². The van der Waals surface area contributed by atoms with Crippen LogP contribution in [-0.2, 0) is 57.2 Å². The van der Waals surface area contributed by atoms with E-state index in [2.05, 4.69) is 0 Å². The van der Waals surface area contributed by atoms with E-state index in [1.54, 1.807) is 60.1 Å². The fourth-order valence-electron chi connectivity index (χ4n) is 10.7. The molecular formula is C55H86N2O14. The van der Waals surface area contributed by atoms with Gasteiger partial charge in [-0.15, -0.1) is 0 Å². The number of ether oxygens (including phenoxy) is 6. The Morgan fingerprint density at radius 1 is 0.873 bits per heavy atom. The smallest absolute Gasteiger partial charge is 0.329 e. The van der Waals surface area contributed by atoms with Gasteiger partial charge in [0, 0.05) is 58.5 Å². The number of allylic oxidation sites excluding steroid dienone is 6. The molecule has 0 aromatic heterocycles. The van der Waals surface area contributed by atoms with Crippen molar-refractivity contribution in [2.24, 2.45) is 35.5 Å². The van der Waals surface area contributed by atoms with Gasteiger partial charge in [0.25, 0.3) is 11.7 Å². The minimum absolute atomic E-state index is 0.0246. The lowest BCUT2D eigenvalue weighted by molar-refractivity contribution is -0.265. The molecule has 4 aliphatic rings. The van der Waals surface area contributed by atoms with Gasteiger partial charge in [0.2, 0.25) is 5.79 Å². The van der Waals surface area contributed by atoms with E-state index in [4.69, 9.17) is 28.4 Å². The van der Waals surface area contributed by atoms with E-state index < -0.39 is 89.8 Å². The minimum atomic E-state index is -2.45. The molecule has 15 atom stereocenters. The molecule has 2 saturated heterocycles. The number of rotatable bonds is 9. The van der Waals surface area contributed by atoms with Crippen molar-refractivity contribution in [3.8, 4) is 0 Å². The third kappa shape index (κ3) is 16.6. The molecule has 0 radical (unpaired) electrons. The van der Waals surface area contributed by atoms with Gasteiger partial charge in [-0.05, 0) is 121 Å². The number of hydrogen-bond acceptors (Lipinski definition) is 15. The number of amides is 1. The lowest BCUT2D eigenvalue weighted by Crippen LogP contribution is -2.61. The van der Waals surface area contributed by atoms with Gasteiger partial charge in [-0.25, -0.2) is 4.79 Å². The van der Waals surface area contributed by atoms with Crippen LogP contribution in [0.4, 0.5) is 0 Å². The lowest BCUT2D eigenvalue weighted by Gasteiger charge is -2.42. The lowest BCUT2D eigenvalue weighted by atomic mass is 9.78. The quantitative estimate of drug-likeness (QED) is 0.148. The number of carbonyl (C=O) groups is 6. The maximum absolute atomic E-state index is 14.5. The molecule has 1 amide bonds. The zero-order valence-corrected chi connectivity index (χ0v) is 44.6. The second-order valence-electron chi connectivity index (χ2n) is 21.3. The number of aliphatic hydroxyl groups excluding tert-OH is 1. The Balaban J connectivity index is 1.77. The number of piperidine rings is 1. The fraction of sp³-hybridized carbons (Fsp3) is 0.745. The molecule has 3 aliphatic heterocycles. The molecule has 14 unspecified atom stereocenters. The van der Waals surface area contributed by atoms with Gasteiger partial charge in [-0.2, -0.15) is 0 Å². The Morgan fingerprint density at radius 2 is 1.59 bits per heavy atom. The summed E-state index contributed by atoms with van der Waals surface area (Å²) in [6, 6.07) is -1.17. The number of Topliss-reactive ketones (excluding diaryl/α,β-unsaturated/α-hetero) is 3. The van der Waals surface area contributed by atoms with Gasteiger partial charge < -0.3 is 43.5 Å². The number of aliphatic hydroxyl groups is 2. The normalized spacial score (nSPS) is 36.8. The molecule has 2 bridgehead atoms. The molecule has 400 valence electrons. The molecule has 3 heterocycles. The highest BCUT2D eigenvalue weighted by Crippen LogP contribution is 2.38. The molecule has 3 fully saturated rings. The first-order valence-corrected chi connectivity index (χ1v) is 25.9. The Morgan fingerprint density at radius 3 is 2.25 bits per heavy atom. The van der Waals surface area contributed by atoms with Gasteiger partial charge in [0.1, 0.15) is 17.9 Å². The summed E-state index contributed by atoms with van der Waals surface area (Å²) in [6.07, 6.45) is 11.0. The largest absolute Gasteiger partial charge is 0.460 e. The van der Waals surface area contributed by atoms with Crippen LogP contribution in [0.25, 0.3) is 0 Å². The molecule has 16 nitrogen and oxygen atoms in total. The number of ketones is 3. The summed E-state index contributed by atoms with van der Waals surface area (Å²) in [5.41, 5.74) is 1.30. The summed E-state index contributed by atoms with van der Waals surface area (Å²) in [5, 5.41) is 22.6. The molecule has 0 aromatic rings. The van der Waals surface area contributed by atoms with Crippen LogP contribution < -0.4 is 0 Å². The monoisotopic (exact) mass is 999 g/mol. The van der Waals surface area contributed by atoms with Crippen LogP contribution in [0.15, 0.2) is 47.6 Å². The van der Waals surface area contributed by atoms with Crippen LogP contribution in [0.1, 0.15) is 126 Å². The van der Waals surface area contributed by atoms with Crippen molar-refractivity contribution in [1.29, 1.82) is 0 Å². The van der Waals surface area contributed by atoms with Crippen molar-refractivity contribution >= 4 is 35.2 Å². The van der Waals surface area contributed by atoms with Crippen molar-refractivity contribution in [2.75, 3.05) is 48.5 Å². The molecule has 71 heavy (non-hydrogen) atoms. The number of nitrogens with zero attached hydrogens (tertiary/aromatic N) is 2. The van der Waals surface area contributed by atoms with Crippen molar-refractivity contribution in [2.45, 2.75) is 180 Å². The van der Waals surface area contributed by atoms with Crippen molar-refractivity contribution in [3.63, 3.8) is 0 Å². The minimum Gasteiger partial charge on any atom is -0.460 e. The Labute approximate surface area is 422 Å². The SMILES string of the molecule is COC1CC2CCC(C)[C@](O)(O2)C(=O)C(=O)N2CCCCC2C(=O)OC(C(C)CC2CCC(O)C(OC)C2)CC(=O)C(C)/C=C(\C)C(OC(=O)CN(C)C)C(OC)C(=O)C(C)CC(C)/C=C/C=CC=C1C. The molecule has 0 spiro atoms. The van der Waals surface area contributed by atoms with Gasteiger partial charge in [0.05, 0.1) is 31.0 Å². The first-order chi connectivity index (χ1) is 33.5. The van der Waals surface area contributed by atoms with Crippen molar-refractivity contribution in [3.05, 3.63) is 47.6 Å². The van der Waals surface area contributed by atoms with E-state index in [9.17, 15) is 39.0 Å². The topological polar surface area (TPSA) is 205 Å². The van der Waals surface area contributed by atoms with Crippen LogP contribution in [0, 0.1) is 35.5 Å². The molecule has 0 aromatic carbocycles. The number of cyclic esters (lactones) is 1. The highest BCUT2D eigenvalue weighted by atomic mass is 16.6. The van der Waals surface area contributed by atoms with Gasteiger partial charge in [-0.3, -0.25) is 28.9 Å². The second-order valence-corrected chi connectivity index (χ2v) is 21.3. The zero-order valence-electron chi connectivity index (χ0n) is 44.6. The van der Waals surface area contributed by atoms with Gasteiger partial charge in [0.15, 0.2) is 18.0 Å². The van der Waals surface area contributed by atoms with E-state index in [-0.39, 0.29) is 61.4 Å². The van der Waals surface area contributed by atoms with Crippen molar-refractivity contribution in [1.82, 2.24) is 9.80 Å². The third-order valence-electron chi connectivity index (χ3n) is 15.2. The van der Waals surface area contributed by atoms with E-state index in [1.807, 2.05) is 58.1 Å². The van der Waals surface area contributed by atoms with E-state index >= 15 is 0 Å². The average Bonchev–Trinajstić information content (AvgIpc) is 3.32. The summed E-state index contributed by atoms with van der Waals surface area (Å²) < 4.78 is 35.8. The van der Waals surface area contributed by atoms with Gasteiger partial charge in [-0.1, -0.05) is 71.1 Å². The van der Waals surface area contributed by atoms with E-state index in [1.165, 1.54) is 12.0 Å². The Hall–Kier alpha value is -3.90. The van der Waals surface area contributed by atoms with Crippen LogP contribution in [0.2, 0.25) is 0 Å². The van der Waals surface area contributed by atoms with E-state index in [0.717, 1.165) is 5.57 Å². The Kier molecular flexibility index (Phi) is 23.5. The molecular weight excluding hydrogens is 913 g/mol. The highest BCUT2D eigenvalue weighted by Gasteiger charge is 2.53. The standard InChI is InChI=1S/C55H86N2O14/c1-33-18-14-13-15-19-34(2)45(66-10)30-41-23-21-39(7)55(65,71-41)52(62)53(63)57-25-17-16-20-42(57)54(64)69-46(36(4)28-40-22-24-43(58)47(29-40)67-11)31-44(59)35(3)27-38(6)50(70-48(60)32-56(8)9)51(68-12)49(61)37(5)26-33/h13-15,18-19,27,33,35-37,39-43,45-47,50-51,58,65H,16-17,20-26,28-32H2,1-12H3/b15-13?,18-14+,34-19?,38-27+/t33?,35?,36?,37?,39?,40?,41?,42?,43?,45?,46?,47?,50?,51?,55-/m0/s1. The summed E-state index contributed by atoms with van der Waals surface area (Å²) in [4.78, 5) is 87.9.